The maximum Gasteiger partial charge on any atom is 0.260 e. The molecule has 0 aliphatic rings. The zero-order valence-electron chi connectivity index (χ0n) is 16.1. The van der Waals surface area contributed by atoms with Crippen molar-refractivity contribution in [3.63, 3.8) is 0 Å². The van der Waals surface area contributed by atoms with E-state index in [1.807, 2.05) is 49.4 Å². The van der Waals surface area contributed by atoms with Gasteiger partial charge in [-0.25, -0.2) is 9.97 Å². The second-order valence-electron chi connectivity index (χ2n) is 6.56. The van der Waals surface area contributed by atoms with Crippen LogP contribution in [0.25, 0.3) is 20.4 Å². The first-order chi connectivity index (χ1) is 14.7. The molecule has 2 aromatic carbocycles. The third kappa shape index (κ3) is 3.55. The molecule has 0 aliphatic carbocycles. The molecular formula is C22H17N3O3S2. The molecular weight excluding hydrogens is 418 g/mol. The Hall–Kier alpha value is -3.23. The van der Waals surface area contributed by atoms with Crippen LogP contribution in [0.1, 0.15) is 23.0 Å². The number of fused-ring (bicyclic) bond motifs is 2. The smallest absolute Gasteiger partial charge is 0.260 e. The van der Waals surface area contributed by atoms with Crippen LogP contribution < -0.4 is 9.64 Å². The molecule has 0 radical (unpaired) electrons. The number of thiazole rings is 2. The molecule has 150 valence electrons. The summed E-state index contributed by atoms with van der Waals surface area (Å²) in [5.74, 6) is 1.35. The van der Waals surface area contributed by atoms with Gasteiger partial charge in [-0.3, -0.25) is 9.69 Å². The van der Waals surface area contributed by atoms with Gasteiger partial charge in [-0.2, -0.15) is 0 Å². The lowest BCUT2D eigenvalue weighted by Gasteiger charge is -2.18. The second kappa shape index (κ2) is 7.89. The first-order valence-corrected chi connectivity index (χ1v) is 11.1. The monoisotopic (exact) mass is 435 g/mol. The zero-order valence-corrected chi connectivity index (χ0v) is 17.7. The summed E-state index contributed by atoms with van der Waals surface area (Å²) in [5.41, 5.74) is 4.09. The molecule has 8 heteroatoms. The van der Waals surface area contributed by atoms with Crippen molar-refractivity contribution < 1.29 is 13.9 Å². The van der Waals surface area contributed by atoms with E-state index in [4.69, 9.17) is 14.1 Å². The summed E-state index contributed by atoms with van der Waals surface area (Å²) >= 11 is 2.97. The minimum Gasteiger partial charge on any atom is -0.494 e. The number of benzene rings is 2. The van der Waals surface area contributed by atoms with E-state index in [0.29, 0.717) is 29.6 Å². The summed E-state index contributed by atoms with van der Waals surface area (Å²) in [6.07, 6.45) is 1.61. The molecule has 0 spiro atoms. The van der Waals surface area contributed by atoms with E-state index < -0.39 is 0 Å². The first-order valence-electron chi connectivity index (χ1n) is 9.42. The molecule has 0 saturated carbocycles. The van der Waals surface area contributed by atoms with Gasteiger partial charge in [0.15, 0.2) is 5.13 Å². The topological polar surface area (TPSA) is 68.5 Å². The minimum atomic E-state index is -0.134. The highest BCUT2D eigenvalue weighted by molar-refractivity contribution is 7.22. The van der Waals surface area contributed by atoms with Crippen molar-refractivity contribution in [1.29, 1.82) is 0 Å². The molecule has 0 aliphatic heterocycles. The Morgan fingerprint density at radius 3 is 2.87 bits per heavy atom. The highest BCUT2D eigenvalue weighted by Gasteiger charge is 2.23. The average molecular weight is 436 g/mol. The lowest BCUT2D eigenvalue weighted by atomic mass is 10.2. The molecule has 1 amide bonds. The van der Waals surface area contributed by atoms with Crippen molar-refractivity contribution in [3.8, 4) is 5.75 Å². The van der Waals surface area contributed by atoms with Crippen LogP contribution in [0, 0.1) is 0 Å². The lowest BCUT2D eigenvalue weighted by Crippen LogP contribution is -2.30. The van der Waals surface area contributed by atoms with Gasteiger partial charge in [-0.05, 0) is 55.5 Å². The fourth-order valence-corrected chi connectivity index (χ4v) is 4.90. The van der Waals surface area contributed by atoms with Crippen molar-refractivity contribution in [2.45, 2.75) is 13.5 Å². The molecule has 0 bridgehead atoms. The van der Waals surface area contributed by atoms with Crippen molar-refractivity contribution in [2.75, 3.05) is 11.5 Å². The fraction of sp³-hybridized carbons (Fsp3) is 0.136. The van der Waals surface area contributed by atoms with Crippen LogP contribution in [0.5, 0.6) is 5.75 Å². The van der Waals surface area contributed by atoms with Crippen LogP contribution in [0.4, 0.5) is 5.13 Å². The molecule has 6 nitrogen and oxygen atoms in total. The highest BCUT2D eigenvalue weighted by atomic mass is 32.1. The predicted octanol–water partition coefficient (Wildman–Crippen LogP) is 5.74. The van der Waals surface area contributed by atoms with E-state index in [-0.39, 0.29) is 5.91 Å². The maximum absolute atomic E-state index is 13.5. The summed E-state index contributed by atoms with van der Waals surface area (Å²) in [4.78, 5) is 24.2. The van der Waals surface area contributed by atoms with E-state index in [9.17, 15) is 4.79 Å². The number of nitrogens with zero attached hydrogens (tertiary/aromatic N) is 3. The lowest BCUT2D eigenvalue weighted by molar-refractivity contribution is 0.0983. The number of carbonyl (C=O) groups is 1. The van der Waals surface area contributed by atoms with E-state index in [1.54, 1.807) is 22.7 Å². The van der Waals surface area contributed by atoms with Gasteiger partial charge in [0.05, 0.1) is 45.4 Å². The van der Waals surface area contributed by atoms with Crippen LogP contribution in [-0.2, 0) is 6.54 Å². The van der Waals surface area contributed by atoms with Gasteiger partial charge in [0.25, 0.3) is 5.91 Å². The molecule has 0 fully saturated rings. The van der Waals surface area contributed by atoms with Crippen LogP contribution in [0.2, 0.25) is 0 Å². The van der Waals surface area contributed by atoms with Crippen molar-refractivity contribution in [3.05, 3.63) is 71.6 Å². The van der Waals surface area contributed by atoms with Crippen LogP contribution in [-0.4, -0.2) is 22.5 Å². The number of aromatic nitrogens is 2. The number of carbonyl (C=O) groups excluding carboxylic acids is 1. The Morgan fingerprint density at radius 1 is 1.13 bits per heavy atom. The normalized spacial score (nSPS) is 11.2. The number of hydrogen-bond acceptors (Lipinski definition) is 7. The standard InChI is InChI=1S/C22H17N3O3S2/c1-2-27-15-6-8-18-20(11-15)30-22(24-18)25(12-16-4-3-9-28-16)21(26)14-5-7-17-19(10-14)29-13-23-17/h3-11,13H,2,12H2,1H3. The van der Waals surface area contributed by atoms with E-state index >= 15 is 0 Å². The molecule has 3 heterocycles. The zero-order chi connectivity index (χ0) is 20.5. The SMILES string of the molecule is CCOc1ccc2nc(N(Cc3ccco3)C(=O)c3ccc4ncsc4c3)sc2c1. The number of amides is 1. The van der Waals surface area contributed by atoms with Crippen molar-refractivity contribution >= 4 is 54.1 Å². The van der Waals surface area contributed by atoms with Gasteiger partial charge in [0, 0.05) is 5.56 Å². The summed E-state index contributed by atoms with van der Waals surface area (Å²) in [6, 6.07) is 15.0. The third-order valence-corrected chi connectivity index (χ3v) is 6.44. The number of rotatable bonds is 6. The Morgan fingerprint density at radius 2 is 2.03 bits per heavy atom. The number of anilines is 1. The molecule has 5 aromatic rings. The van der Waals surface area contributed by atoms with E-state index in [0.717, 1.165) is 26.2 Å². The maximum atomic E-state index is 13.5. The fourth-order valence-electron chi connectivity index (χ4n) is 3.19. The summed E-state index contributed by atoms with van der Waals surface area (Å²) in [5, 5.41) is 0.615. The first kappa shape index (κ1) is 18.8. The molecule has 30 heavy (non-hydrogen) atoms. The second-order valence-corrected chi connectivity index (χ2v) is 8.46. The van der Waals surface area contributed by atoms with E-state index in [2.05, 4.69) is 4.98 Å². The molecule has 0 N–H and O–H groups in total. The average Bonchev–Trinajstić information content (AvgIpc) is 3.51. The molecule has 5 rings (SSSR count). The Labute approximate surface area is 180 Å². The quantitative estimate of drug-likeness (QED) is 0.340. The van der Waals surface area contributed by atoms with Crippen molar-refractivity contribution in [1.82, 2.24) is 9.97 Å². The highest BCUT2D eigenvalue weighted by Crippen LogP contribution is 2.33. The molecule has 0 unspecified atom stereocenters. The molecule has 3 aromatic heterocycles. The van der Waals surface area contributed by atoms with Gasteiger partial charge in [-0.1, -0.05) is 11.3 Å². The molecule has 0 saturated heterocycles. The summed E-state index contributed by atoms with van der Waals surface area (Å²) in [6.45, 7) is 2.84. The van der Waals surface area contributed by atoms with Gasteiger partial charge < -0.3 is 9.15 Å². The summed E-state index contributed by atoms with van der Waals surface area (Å²) in [7, 11) is 0. The molecule has 0 atom stereocenters. The summed E-state index contributed by atoms with van der Waals surface area (Å²) < 4.78 is 13.0. The van der Waals surface area contributed by atoms with Gasteiger partial charge in [0.1, 0.15) is 11.5 Å². The van der Waals surface area contributed by atoms with Gasteiger partial charge >= 0.3 is 0 Å². The largest absolute Gasteiger partial charge is 0.494 e. The van der Waals surface area contributed by atoms with Gasteiger partial charge in [0.2, 0.25) is 0 Å². The predicted molar refractivity (Wildman–Crippen MR) is 120 cm³/mol. The van der Waals surface area contributed by atoms with Crippen LogP contribution in [0.3, 0.4) is 0 Å². The minimum absolute atomic E-state index is 0.134. The Balaban J connectivity index is 1.55. The van der Waals surface area contributed by atoms with E-state index in [1.165, 1.54) is 22.7 Å². The number of furan rings is 1. The third-order valence-electron chi connectivity index (χ3n) is 4.61. The van der Waals surface area contributed by atoms with Crippen LogP contribution >= 0.6 is 22.7 Å². The Kier molecular flexibility index (Phi) is 4.94. The van der Waals surface area contributed by atoms with Crippen molar-refractivity contribution in [2.24, 2.45) is 0 Å². The van der Waals surface area contributed by atoms with Gasteiger partial charge in [-0.15, -0.1) is 11.3 Å². The number of ether oxygens (including phenoxy) is 1. The Bertz CT molecular complexity index is 1320. The number of hydrogen-bond donors (Lipinski definition) is 0. The van der Waals surface area contributed by atoms with Crippen LogP contribution in [0.15, 0.2) is 64.7 Å².